The number of rotatable bonds is 5. The van der Waals surface area contributed by atoms with Crippen LogP contribution in [0.1, 0.15) is 28.1 Å². The summed E-state index contributed by atoms with van der Waals surface area (Å²) in [7, 11) is 3.48. The molecule has 0 saturated carbocycles. The van der Waals surface area contributed by atoms with E-state index in [0.717, 1.165) is 33.8 Å². The van der Waals surface area contributed by atoms with Gasteiger partial charge in [0.15, 0.2) is 0 Å². The monoisotopic (exact) mass is 354 g/mol. The summed E-state index contributed by atoms with van der Waals surface area (Å²) in [5.41, 5.74) is 5.61. The standard InChI is InChI=1S/C20H26N4O2/c1-13-7-8-14(2)18(11-13)21-19(25)12-23(5)20(26)10-9-17-15(3)22-24(6)16(17)4/h7-11H,12H2,1-6H3,(H,21,25)/b10-9+. The molecule has 0 spiro atoms. The van der Waals surface area contributed by atoms with E-state index in [1.54, 1.807) is 17.8 Å². The number of amides is 2. The van der Waals surface area contributed by atoms with Gasteiger partial charge in [0.25, 0.3) is 0 Å². The number of aromatic nitrogens is 2. The summed E-state index contributed by atoms with van der Waals surface area (Å²) >= 11 is 0. The van der Waals surface area contributed by atoms with Crippen LogP contribution in [-0.2, 0) is 16.6 Å². The summed E-state index contributed by atoms with van der Waals surface area (Å²) in [6.07, 6.45) is 3.22. The Labute approximate surface area is 154 Å². The fourth-order valence-corrected chi connectivity index (χ4v) is 2.67. The second-order valence-electron chi connectivity index (χ2n) is 6.60. The van der Waals surface area contributed by atoms with E-state index in [1.807, 2.05) is 52.9 Å². The molecule has 0 unspecified atom stereocenters. The smallest absolute Gasteiger partial charge is 0.246 e. The maximum absolute atomic E-state index is 12.3. The number of hydrogen-bond donors (Lipinski definition) is 1. The Morgan fingerprint density at radius 1 is 1.23 bits per heavy atom. The third-order valence-electron chi connectivity index (χ3n) is 4.38. The van der Waals surface area contributed by atoms with Gasteiger partial charge in [-0.3, -0.25) is 14.3 Å². The van der Waals surface area contributed by atoms with Crippen molar-refractivity contribution in [2.75, 3.05) is 18.9 Å². The second kappa shape index (κ2) is 7.99. The Balaban J connectivity index is 1.99. The van der Waals surface area contributed by atoms with E-state index >= 15 is 0 Å². The van der Waals surface area contributed by atoms with Crippen molar-refractivity contribution >= 4 is 23.6 Å². The quantitative estimate of drug-likeness (QED) is 0.840. The fourth-order valence-electron chi connectivity index (χ4n) is 2.67. The Morgan fingerprint density at radius 2 is 1.92 bits per heavy atom. The molecule has 6 heteroatoms. The molecule has 0 aliphatic heterocycles. The number of nitrogens with one attached hydrogen (secondary N) is 1. The zero-order chi connectivity index (χ0) is 19.4. The second-order valence-corrected chi connectivity index (χ2v) is 6.60. The number of anilines is 1. The normalized spacial score (nSPS) is 11.0. The molecule has 1 N–H and O–H groups in total. The zero-order valence-electron chi connectivity index (χ0n) is 16.3. The van der Waals surface area contributed by atoms with Crippen molar-refractivity contribution in [2.24, 2.45) is 7.05 Å². The molecule has 0 atom stereocenters. The van der Waals surface area contributed by atoms with Crippen LogP contribution in [-0.4, -0.2) is 40.1 Å². The highest BCUT2D eigenvalue weighted by Gasteiger charge is 2.13. The number of benzene rings is 1. The van der Waals surface area contributed by atoms with Crippen molar-refractivity contribution in [2.45, 2.75) is 27.7 Å². The van der Waals surface area contributed by atoms with E-state index in [2.05, 4.69) is 10.4 Å². The lowest BCUT2D eigenvalue weighted by atomic mass is 10.1. The summed E-state index contributed by atoms with van der Waals surface area (Å²) in [5.74, 6) is -0.458. The van der Waals surface area contributed by atoms with Gasteiger partial charge in [-0.05, 0) is 51.0 Å². The minimum absolute atomic E-state index is 0.0123. The molecular formula is C20H26N4O2. The predicted octanol–water partition coefficient (Wildman–Crippen LogP) is 2.76. The molecule has 1 aromatic heterocycles. The van der Waals surface area contributed by atoms with Gasteiger partial charge in [-0.25, -0.2) is 0 Å². The van der Waals surface area contributed by atoms with E-state index in [-0.39, 0.29) is 18.4 Å². The average Bonchev–Trinajstić information content (AvgIpc) is 2.81. The number of carbonyl (C=O) groups excluding carboxylic acids is 2. The van der Waals surface area contributed by atoms with Crippen LogP contribution in [0.25, 0.3) is 6.08 Å². The Bertz CT molecular complexity index is 865. The van der Waals surface area contributed by atoms with E-state index in [1.165, 1.54) is 11.0 Å². The first kappa shape index (κ1) is 19.4. The van der Waals surface area contributed by atoms with Crippen molar-refractivity contribution in [1.29, 1.82) is 0 Å². The van der Waals surface area contributed by atoms with E-state index in [9.17, 15) is 9.59 Å². The lowest BCUT2D eigenvalue weighted by Crippen LogP contribution is -2.34. The van der Waals surface area contributed by atoms with Crippen LogP contribution >= 0.6 is 0 Å². The van der Waals surface area contributed by atoms with E-state index in [0.29, 0.717) is 0 Å². The third-order valence-corrected chi connectivity index (χ3v) is 4.38. The lowest BCUT2D eigenvalue weighted by molar-refractivity contribution is -0.129. The van der Waals surface area contributed by atoms with Gasteiger partial charge in [0.1, 0.15) is 0 Å². The van der Waals surface area contributed by atoms with Crippen molar-refractivity contribution < 1.29 is 9.59 Å². The molecule has 1 aromatic carbocycles. The summed E-state index contributed by atoms with van der Waals surface area (Å²) in [4.78, 5) is 25.9. The molecule has 0 aliphatic rings. The SMILES string of the molecule is Cc1ccc(C)c(NC(=O)CN(C)C(=O)/C=C/c2c(C)nn(C)c2C)c1. The highest BCUT2D eigenvalue weighted by Crippen LogP contribution is 2.16. The first-order chi connectivity index (χ1) is 12.2. The van der Waals surface area contributed by atoms with Crippen molar-refractivity contribution in [3.63, 3.8) is 0 Å². The molecule has 0 fully saturated rings. The Kier molecular flexibility index (Phi) is 5.97. The highest BCUT2D eigenvalue weighted by molar-refractivity contribution is 5.98. The van der Waals surface area contributed by atoms with Crippen LogP contribution in [0.4, 0.5) is 5.69 Å². The summed E-state index contributed by atoms with van der Waals surface area (Å²) in [5, 5.41) is 7.18. The average molecular weight is 354 g/mol. The largest absolute Gasteiger partial charge is 0.333 e. The van der Waals surface area contributed by atoms with Gasteiger partial charge in [0, 0.05) is 37.1 Å². The number of hydrogen-bond acceptors (Lipinski definition) is 3. The third kappa shape index (κ3) is 4.59. The molecule has 138 valence electrons. The van der Waals surface area contributed by atoms with Crippen LogP contribution in [0, 0.1) is 27.7 Å². The van der Waals surface area contributed by atoms with Crippen molar-refractivity contribution in [3.05, 3.63) is 52.4 Å². The Morgan fingerprint density at radius 3 is 2.54 bits per heavy atom. The molecule has 2 rings (SSSR count). The molecule has 2 amide bonds. The van der Waals surface area contributed by atoms with Gasteiger partial charge >= 0.3 is 0 Å². The maximum atomic E-state index is 12.3. The van der Waals surface area contributed by atoms with Gasteiger partial charge in [-0.2, -0.15) is 5.10 Å². The maximum Gasteiger partial charge on any atom is 0.246 e. The first-order valence-electron chi connectivity index (χ1n) is 8.49. The van der Waals surface area contributed by atoms with Crippen LogP contribution in [0.15, 0.2) is 24.3 Å². The van der Waals surface area contributed by atoms with E-state index in [4.69, 9.17) is 0 Å². The highest BCUT2D eigenvalue weighted by atomic mass is 16.2. The van der Waals surface area contributed by atoms with E-state index < -0.39 is 0 Å². The molecule has 0 bridgehead atoms. The molecule has 0 saturated heterocycles. The minimum atomic E-state index is -0.233. The molecular weight excluding hydrogens is 328 g/mol. The topological polar surface area (TPSA) is 67.2 Å². The van der Waals surface area contributed by atoms with Crippen LogP contribution in [0.5, 0.6) is 0 Å². The van der Waals surface area contributed by atoms with Gasteiger partial charge in [-0.15, -0.1) is 0 Å². The van der Waals surface area contributed by atoms with Gasteiger partial charge in [0.2, 0.25) is 11.8 Å². The molecule has 2 aromatic rings. The molecule has 0 radical (unpaired) electrons. The first-order valence-corrected chi connectivity index (χ1v) is 8.49. The van der Waals surface area contributed by atoms with Gasteiger partial charge in [0.05, 0.1) is 12.2 Å². The number of carbonyl (C=O) groups is 2. The Hall–Kier alpha value is -2.89. The van der Waals surface area contributed by atoms with Crippen molar-refractivity contribution in [3.8, 4) is 0 Å². The summed E-state index contributed by atoms with van der Waals surface area (Å²) < 4.78 is 1.78. The van der Waals surface area contributed by atoms with Crippen molar-refractivity contribution in [1.82, 2.24) is 14.7 Å². The van der Waals surface area contributed by atoms with Crippen LogP contribution < -0.4 is 5.32 Å². The van der Waals surface area contributed by atoms with Crippen LogP contribution in [0.2, 0.25) is 0 Å². The minimum Gasteiger partial charge on any atom is -0.333 e. The summed E-state index contributed by atoms with van der Waals surface area (Å²) in [6.45, 7) is 7.74. The molecule has 26 heavy (non-hydrogen) atoms. The van der Waals surface area contributed by atoms with Gasteiger partial charge < -0.3 is 10.2 Å². The fraction of sp³-hybridized carbons (Fsp3) is 0.350. The molecule has 0 aliphatic carbocycles. The number of likely N-dealkylation sites (N-methyl/N-ethyl adjacent to an activating group) is 1. The molecule has 1 heterocycles. The van der Waals surface area contributed by atoms with Gasteiger partial charge in [-0.1, -0.05) is 12.1 Å². The number of nitrogens with zero attached hydrogens (tertiary/aromatic N) is 3. The predicted molar refractivity (Wildman–Crippen MR) is 104 cm³/mol. The summed E-state index contributed by atoms with van der Waals surface area (Å²) in [6, 6.07) is 5.87. The van der Waals surface area contributed by atoms with Crippen LogP contribution in [0.3, 0.4) is 0 Å². The zero-order valence-corrected chi connectivity index (χ0v) is 16.3. The lowest BCUT2D eigenvalue weighted by Gasteiger charge is -2.16. The molecule has 6 nitrogen and oxygen atoms in total. The number of aryl methyl sites for hydroxylation is 4.